The molecule has 0 aliphatic heterocycles. The third-order valence-corrected chi connectivity index (χ3v) is 11.7. The Balaban J connectivity index is 1.15. The maximum absolute atomic E-state index is 14.0. The number of carbonyl (C=O) groups is 1. The van der Waals surface area contributed by atoms with Crippen molar-refractivity contribution >= 4 is 5.91 Å². The minimum atomic E-state index is 0.0590. The van der Waals surface area contributed by atoms with E-state index in [-0.39, 0.29) is 22.8 Å². The molecule has 1 aromatic heterocycles. The first kappa shape index (κ1) is 26.1. The molecule has 3 fully saturated rings. The molecule has 210 valence electrons. The van der Waals surface area contributed by atoms with Crippen LogP contribution in [0.4, 0.5) is 0 Å². The quantitative estimate of drug-likeness (QED) is 0.317. The lowest BCUT2D eigenvalue weighted by molar-refractivity contribution is -0.0231. The summed E-state index contributed by atoms with van der Waals surface area (Å²) in [7, 11) is 0. The molecule has 1 spiro atoms. The van der Waals surface area contributed by atoms with Gasteiger partial charge in [-0.25, -0.2) is 0 Å². The molecule has 2 aromatic carbocycles. The van der Waals surface area contributed by atoms with Crippen LogP contribution >= 0.6 is 0 Å². The molecule has 5 unspecified atom stereocenters. The van der Waals surface area contributed by atoms with Gasteiger partial charge in [-0.3, -0.25) is 4.79 Å². The van der Waals surface area contributed by atoms with Crippen LogP contribution in [0.5, 0.6) is 0 Å². The lowest BCUT2D eigenvalue weighted by atomic mass is 9.55. The molecule has 0 saturated heterocycles. The third-order valence-electron chi connectivity index (χ3n) is 11.7. The summed E-state index contributed by atoms with van der Waals surface area (Å²) in [5.41, 5.74) is 7.83. The van der Waals surface area contributed by atoms with Crippen LogP contribution in [0.25, 0.3) is 0 Å². The number of rotatable bonds is 6. The zero-order chi connectivity index (χ0) is 28.0. The van der Waals surface area contributed by atoms with Gasteiger partial charge >= 0.3 is 0 Å². The number of aryl methyl sites for hydroxylation is 1. The molecule has 1 heterocycles. The Kier molecular flexibility index (Phi) is 5.77. The highest BCUT2D eigenvalue weighted by molar-refractivity contribution is 5.92. The second-order valence-corrected chi connectivity index (χ2v) is 14.7. The molecule has 3 heteroatoms. The van der Waals surface area contributed by atoms with Gasteiger partial charge in [0.15, 0.2) is 5.76 Å². The van der Waals surface area contributed by atoms with Crippen LogP contribution in [0.2, 0.25) is 0 Å². The van der Waals surface area contributed by atoms with Crippen LogP contribution in [0.15, 0.2) is 59.0 Å². The number of carbonyl (C=O) groups excluding carboxylic acids is 1. The average molecular weight is 536 g/mol. The zero-order valence-corrected chi connectivity index (χ0v) is 25.2. The maximum Gasteiger partial charge on any atom is 0.289 e. The number of nitrogens with zero attached hydrogens (tertiary/aromatic N) is 1. The monoisotopic (exact) mass is 535 g/mol. The molecule has 4 aliphatic carbocycles. The fourth-order valence-corrected chi connectivity index (χ4v) is 9.30. The second-order valence-electron chi connectivity index (χ2n) is 14.7. The number of fused-ring (bicyclic) bond motifs is 1. The van der Waals surface area contributed by atoms with E-state index in [1.54, 1.807) is 0 Å². The number of amides is 1. The van der Waals surface area contributed by atoms with Crippen molar-refractivity contribution in [1.82, 2.24) is 4.90 Å². The largest absolute Gasteiger partial charge is 0.456 e. The Morgan fingerprint density at radius 1 is 0.950 bits per heavy atom. The Morgan fingerprint density at radius 2 is 1.65 bits per heavy atom. The summed E-state index contributed by atoms with van der Waals surface area (Å²) in [6.45, 7) is 14.6. The van der Waals surface area contributed by atoms with E-state index in [2.05, 4.69) is 88.9 Å². The highest BCUT2D eigenvalue weighted by Gasteiger charge is 2.77. The van der Waals surface area contributed by atoms with Crippen molar-refractivity contribution in [3.8, 4) is 0 Å². The van der Waals surface area contributed by atoms with Crippen molar-refractivity contribution in [2.75, 3.05) is 6.54 Å². The molecule has 7 rings (SSSR count). The number of hydrogen-bond donors (Lipinski definition) is 0. The molecule has 5 atom stereocenters. The van der Waals surface area contributed by atoms with Crippen LogP contribution < -0.4 is 0 Å². The third kappa shape index (κ3) is 3.72. The van der Waals surface area contributed by atoms with Crippen molar-refractivity contribution in [1.29, 1.82) is 0 Å². The standard InChI is InChI=1S/C37H45NO2/c1-7-38(33-28-15-13-26-22-37(26,28)32(33)24-11-9-8-10-12-24)34(39)31-16-14-27(40-31)20-25-21-30-29(19-23(25)2)35(3,4)17-18-36(30,5)6/h8-12,14,16,19,21,26,28,32-33H,7,13,15,17-18,20,22H2,1-6H3. The van der Waals surface area contributed by atoms with E-state index in [1.165, 1.54) is 59.9 Å². The summed E-state index contributed by atoms with van der Waals surface area (Å²) in [5.74, 6) is 3.37. The Bertz CT molecular complexity index is 1460. The van der Waals surface area contributed by atoms with Gasteiger partial charge in [0, 0.05) is 24.9 Å². The maximum atomic E-state index is 14.0. The predicted octanol–water partition coefficient (Wildman–Crippen LogP) is 8.57. The molecular formula is C37H45NO2. The first-order valence-corrected chi connectivity index (χ1v) is 15.7. The van der Waals surface area contributed by atoms with Gasteiger partial charge in [-0.05, 0) is 114 Å². The summed E-state index contributed by atoms with van der Waals surface area (Å²) < 4.78 is 6.34. The van der Waals surface area contributed by atoms with Crippen LogP contribution in [0.1, 0.15) is 117 Å². The molecular weight excluding hydrogens is 490 g/mol. The number of benzene rings is 2. The Morgan fingerprint density at radius 3 is 2.33 bits per heavy atom. The Hall–Kier alpha value is -2.81. The number of hydrogen-bond acceptors (Lipinski definition) is 2. The normalized spacial score (nSPS) is 30.6. The molecule has 1 amide bonds. The van der Waals surface area contributed by atoms with Gasteiger partial charge in [-0.15, -0.1) is 0 Å². The van der Waals surface area contributed by atoms with Crippen molar-refractivity contribution in [2.45, 2.75) is 103 Å². The highest BCUT2D eigenvalue weighted by Crippen LogP contribution is 2.81. The molecule has 40 heavy (non-hydrogen) atoms. The van der Waals surface area contributed by atoms with Crippen molar-refractivity contribution in [3.05, 3.63) is 93.9 Å². The first-order chi connectivity index (χ1) is 19.1. The van der Waals surface area contributed by atoms with Gasteiger partial charge in [0.2, 0.25) is 0 Å². The SMILES string of the molecule is CCN(C(=O)c1ccc(Cc2cc3c(cc2C)C(C)(C)CCC3(C)C)o1)C1C2CCC3CC32C1c1ccccc1. The van der Waals surface area contributed by atoms with Crippen LogP contribution in [0.3, 0.4) is 0 Å². The van der Waals surface area contributed by atoms with Crippen LogP contribution in [-0.4, -0.2) is 23.4 Å². The summed E-state index contributed by atoms with van der Waals surface area (Å²) in [6.07, 6.45) is 7.08. The predicted molar refractivity (Wildman–Crippen MR) is 161 cm³/mol. The van der Waals surface area contributed by atoms with Crippen LogP contribution in [0, 0.1) is 24.2 Å². The van der Waals surface area contributed by atoms with E-state index >= 15 is 0 Å². The topological polar surface area (TPSA) is 33.5 Å². The van der Waals surface area contributed by atoms with E-state index in [4.69, 9.17) is 4.42 Å². The average Bonchev–Trinajstić information content (AvgIpc) is 3.35. The van der Waals surface area contributed by atoms with Crippen LogP contribution in [-0.2, 0) is 17.3 Å². The van der Waals surface area contributed by atoms with E-state index in [1.807, 2.05) is 12.1 Å². The van der Waals surface area contributed by atoms with Gasteiger partial charge in [-0.1, -0.05) is 70.2 Å². The second kappa shape index (κ2) is 8.84. The van der Waals surface area contributed by atoms with E-state index in [0.29, 0.717) is 23.0 Å². The van der Waals surface area contributed by atoms with E-state index < -0.39 is 0 Å². The molecule has 3 saturated carbocycles. The lowest BCUT2D eigenvalue weighted by Gasteiger charge is -2.56. The first-order valence-electron chi connectivity index (χ1n) is 15.7. The van der Waals surface area contributed by atoms with Crippen molar-refractivity contribution < 1.29 is 9.21 Å². The van der Waals surface area contributed by atoms with Gasteiger partial charge in [0.25, 0.3) is 5.91 Å². The summed E-state index contributed by atoms with van der Waals surface area (Å²) >= 11 is 0. The molecule has 4 aliphatic rings. The Labute approximate surface area is 240 Å². The van der Waals surface area contributed by atoms with Gasteiger partial charge in [0.05, 0.1) is 0 Å². The lowest BCUT2D eigenvalue weighted by Crippen LogP contribution is -2.60. The molecule has 3 nitrogen and oxygen atoms in total. The number of likely N-dealkylation sites (N-methyl/N-ethyl adjacent to an activating group) is 1. The molecule has 3 aromatic rings. The van der Waals surface area contributed by atoms with Gasteiger partial charge in [-0.2, -0.15) is 0 Å². The van der Waals surface area contributed by atoms with Gasteiger partial charge < -0.3 is 9.32 Å². The van der Waals surface area contributed by atoms with Crippen molar-refractivity contribution in [3.63, 3.8) is 0 Å². The molecule has 0 N–H and O–H groups in total. The molecule has 0 bridgehead atoms. The van der Waals surface area contributed by atoms with E-state index in [9.17, 15) is 4.79 Å². The zero-order valence-electron chi connectivity index (χ0n) is 25.2. The number of furan rings is 1. The summed E-state index contributed by atoms with van der Waals surface area (Å²) in [6, 6.07) is 20.0. The summed E-state index contributed by atoms with van der Waals surface area (Å²) in [4.78, 5) is 16.2. The van der Waals surface area contributed by atoms with Gasteiger partial charge in [0.1, 0.15) is 5.76 Å². The minimum Gasteiger partial charge on any atom is -0.456 e. The fraction of sp³-hybridized carbons (Fsp3) is 0.541. The van der Waals surface area contributed by atoms with Crippen molar-refractivity contribution in [2.24, 2.45) is 17.3 Å². The molecule has 0 radical (unpaired) electrons. The summed E-state index contributed by atoms with van der Waals surface area (Å²) in [5, 5.41) is 0. The van der Waals surface area contributed by atoms with E-state index in [0.717, 1.165) is 24.6 Å². The fourth-order valence-electron chi connectivity index (χ4n) is 9.30. The smallest absolute Gasteiger partial charge is 0.289 e. The minimum absolute atomic E-state index is 0.0590. The highest BCUT2D eigenvalue weighted by atomic mass is 16.4.